The van der Waals surface area contributed by atoms with Crippen molar-refractivity contribution in [2.75, 3.05) is 10.6 Å². The van der Waals surface area contributed by atoms with Crippen LogP contribution >= 0.6 is 0 Å². The molecule has 0 aliphatic heterocycles. The number of anilines is 2. The van der Waals surface area contributed by atoms with Crippen molar-refractivity contribution in [1.29, 1.82) is 0 Å². The first-order chi connectivity index (χ1) is 15.0. The highest BCUT2D eigenvalue weighted by atomic mass is 16.2. The quantitative estimate of drug-likeness (QED) is 0.543. The van der Waals surface area contributed by atoms with Gasteiger partial charge in [0.1, 0.15) is 6.04 Å². The zero-order valence-electron chi connectivity index (χ0n) is 17.4. The second-order valence-corrected chi connectivity index (χ2v) is 7.93. The lowest BCUT2D eigenvalue weighted by atomic mass is 10.0. The zero-order chi connectivity index (χ0) is 21.8. The summed E-state index contributed by atoms with van der Waals surface area (Å²) in [5.74, 6) is 0.345. The fraction of sp³-hybridized carbons (Fsp3) is 0.318. The van der Waals surface area contributed by atoms with Gasteiger partial charge in [0.25, 0.3) is 0 Å². The molecule has 4 rings (SSSR count). The molecule has 3 N–H and O–H groups in total. The lowest BCUT2D eigenvalue weighted by Crippen LogP contribution is -2.48. The molecular formula is C22H25N7O2. The van der Waals surface area contributed by atoms with Crippen molar-refractivity contribution in [3.63, 3.8) is 0 Å². The number of hydrogen-bond donors (Lipinski definition) is 3. The van der Waals surface area contributed by atoms with Crippen LogP contribution < -0.4 is 16.0 Å². The maximum absolute atomic E-state index is 12.8. The third-order valence-electron chi connectivity index (χ3n) is 5.06. The van der Waals surface area contributed by atoms with E-state index in [4.69, 9.17) is 0 Å². The van der Waals surface area contributed by atoms with Crippen LogP contribution in [0.5, 0.6) is 0 Å². The largest absolute Gasteiger partial charge is 0.326 e. The number of para-hydroxylation sites is 1. The molecule has 1 atom stereocenters. The van der Waals surface area contributed by atoms with E-state index in [0.717, 1.165) is 24.2 Å². The van der Waals surface area contributed by atoms with Gasteiger partial charge in [-0.3, -0.25) is 4.79 Å². The molecule has 1 saturated carbocycles. The van der Waals surface area contributed by atoms with Crippen molar-refractivity contribution in [2.24, 2.45) is 5.92 Å². The molecule has 1 fully saturated rings. The third-order valence-corrected chi connectivity index (χ3v) is 5.06. The molecule has 31 heavy (non-hydrogen) atoms. The van der Waals surface area contributed by atoms with E-state index in [0.29, 0.717) is 17.4 Å². The summed E-state index contributed by atoms with van der Waals surface area (Å²) in [5.41, 5.74) is 2.18. The molecule has 9 nitrogen and oxygen atoms in total. The van der Waals surface area contributed by atoms with Crippen LogP contribution in [-0.2, 0) is 4.79 Å². The Balaban J connectivity index is 1.39. The van der Waals surface area contributed by atoms with E-state index in [1.54, 1.807) is 24.3 Å². The summed E-state index contributed by atoms with van der Waals surface area (Å²) >= 11 is 0. The van der Waals surface area contributed by atoms with Gasteiger partial charge in [0.05, 0.1) is 6.04 Å². The minimum Gasteiger partial charge on any atom is -0.326 e. The number of nitrogens with zero attached hydrogens (tertiary/aromatic N) is 4. The number of benzene rings is 2. The van der Waals surface area contributed by atoms with Gasteiger partial charge in [0.15, 0.2) is 5.82 Å². The monoisotopic (exact) mass is 419 g/mol. The van der Waals surface area contributed by atoms with E-state index in [1.807, 2.05) is 48.9 Å². The number of nitrogens with one attached hydrogen (secondary N) is 3. The standard InChI is InChI=1S/C22H25N7O2/c1-14(2)19(25-22(31)24-16-6-4-3-5-7-16)21(30)23-17-10-8-15(9-11-17)20-26-27-28-29(20)18-12-13-18/h3-11,14,18-19H,12-13H2,1-2H3,(H,23,30)(H2,24,25,31)/t19-/m1/s1. The molecule has 0 unspecified atom stereocenters. The predicted octanol–water partition coefficient (Wildman–Crippen LogP) is 3.46. The van der Waals surface area contributed by atoms with Crippen molar-refractivity contribution in [2.45, 2.75) is 38.8 Å². The molecule has 2 aromatic carbocycles. The number of rotatable bonds is 7. The molecule has 0 saturated heterocycles. The van der Waals surface area contributed by atoms with Gasteiger partial charge < -0.3 is 16.0 Å². The van der Waals surface area contributed by atoms with Crippen molar-refractivity contribution in [3.8, 4) is 11.4 Å². The predicted molar refractivity (Wildman–Crippen MR) is 117 cm³/mol. The van der Waals surface area contributed by atoms with Crippen LogP contribution in [0.2, 0.25) is 0 Å². The van der Waals surface area contributed by atoms with Gasteiger partial charge >= 0.3 is 6.03 Å². The fourth-order valence-corrected chi connectivity index (χ4v) is 3.24. The zero-order valence-corrected chi connectivity index (χ0v) is 17.4. The topological polar surface area (TPSA) is 114 Å². The van der Waals surface area contributed by atoms with E-state index < -0.39 is 12.1 Å². The minimum atomic E-state index is -0.689. The second-order valence-electron chi connectivity index (χ2n) is 7.93. The summed E-state index contributed by atoms with van der Waals surface area (Å²) in [4.78, 5) is 25.1. The van der Waals surface area contributed by atoms with Gasteiger partial charge in [-0.15, -0.1) is 5.10 Å². The first-order valence-electron chi connectivity index (χ1n) is 10.3. The molecular weight excluding hydrogens is 394 g/mol. The van der Waals surface area contributed by atoms with Crippen LogP contribution in [0.1, 0.15) is 32.7 Å². The summed E-state index contributed by atoms with van der Waals surface area (Å²) in [5, 5.41) is 20.3. The maximum atomic E-state index is 12.8. The first-order valence-corrected chi connectivity index (χ1v) is 10.3. The SMILES string of the molecule is CC(C)[C@@H](NC(=O)Nc1ccccc1)C(=O)Nc1ccc(-c2nnnn2C2CC2)cc1. The number of hydrogen-bond acceptors (Lipinski definition) is 5. The summed E-state index contributed by atoms with van der Waals surface area (Å²) in [6, 6.07) is 15.7. The number of carbonyl (C=O) groups excluding carboxylic acids is 2. The Kier molecular flexibility index (Phi) is 5.92. The smallest absolute Gasteiger partial charge is 0.319 e. The van der Waals surface area contributed by atoms with Crippen LogP contribution in [0.25, 0.3) is 11.4 Å². The van der Waals surface area contributed by atoms with Crippen LogP contribution in [0.3, 0.4) is 0 Å². The highest BCUT2D eigenvalue weighted by Crippen LogP contribution is 2.36. The Bertz CT molecular complexity index is 1040. The van der Waals surface area contributed by atoms with E-state index in [2.05, 4.69) is 31.5 Å². The lowest BCUT2D eigenvalue weighted by Gasteiger charge is -2.22. The number of amides is 3. The molecule has 0 bridgehead atoms. The summed E-state index contributed by atoms with van der Waals surface area (Å²) < 4.78 is 1.84. The van der Waals surface area contributed by atoms with Crippen molar-refractivity contribution in [3.05, 3.63) is 54.6 Å². The Morgan fingerprint density at radius 2 is 1.65 bits per heavy atom. The Hall–Kier alpha value is -3.75. The van der Waals surface area contributed by atoms with Crippen LogP contribution in [0.4, 0.5) is 16.2 Å². The Labute approximate surface area is 180 Å². The molecule has 1 aromatic heterocycles. The van der Waals surface area contributed by atoms with E-state index >= 15 is 0 Å². The van der Waals surface area contributed by atoms with Crippen molar-refractivity contribution in [1.82, 2.24) is 25.5 Å². The molecule has 1 aliphatic rings. The molecule has 9 heteroatoms. The van der Waals surface area contributed by atoms with Crippen molar-refractivity contribution < 1.29 is 9.59 Å². The molecule has 1 heterocycles. The maximum Gasteiger partial charge on any atom is 0.319 e. The summed E-state index contributed by atoms with van der Waals surface area (Å²) in [6.45, 7) is 3.77. The minimum absolute atomic E-state index is 0.0936. The van der Waals surface area contributed by atoms with E-state index in [9.17, 15) is 9.59 Å². The van der Waals surface area contributed by atoms with Gasteiger partial charge in [-0.1, -0.05) is 32.0 Å². The van der Waals surface area contributed by atoms with Gasteiger partial charge in [-0.05, 0) is 65.6 Å². The average molecular weight is 419 g/mol. The highest BCUT2D eigenvalue weighted by molar-refractivity contribution is 5.99. The highest BCUT2D eigenvalue weighted by Gasteiger charge is 2.28. The molecule has 3 amide bonds. The van der Waals surface area contributed by atoms with Crippen LogP contribution in [0, 0.1) is 5.92 Å². The van der Waals surface area contributed by atoms with E-state index in [1.165, 1.54) is 0 Å². The average Bonchev–Trinajstić information content (AvgIpc) is 3.49. The van der Waals surface area contributed by atoms with E-state index in [-0.39, 0.29) is 11.8 Å². The molecule has 3 aromatic rings. The molecule has 0 spiro atoms. The summed E-state index contributed by atoms with van der Waals surface area (Å²) in [7, 11) is 0. The second kappa shape index (κ2) is 8.95. The molecule has 1 aliphatic carbocycles. The number of tetrazole rings is 1. The van der Waals surface area contributed by atoms with Gasteiger partial charge in [0.2, 0.25) is 5.91 Å². The Morgan fingerprint density at radius 1 is 0.968 bits per heavy atom. The van der Waals surface area contributed by atoms with Gasteiger partial charge in [-0.25, -0.2) is 9.48 Å². The molecule has 0 radical (unpaired) electrons. The van der Waals surface area contributed by atoms with Crippen LogP contribution in [-0.4, -0.2) is 38.2 Å². The molecule has 160 valence electrons. The third kappa shape index (κ3) is 5.06. The normalized spacial score (nSPS) is 14.2. The van der Waals surface area contributed by atoms with Gasteiger partial charge in [0, 0.05) is 16.9 Å². The van der Waals surface area contributed by atoms with Crippen molar-refractivity contribution >= 4 is 23.3 Å². The fourth-order valence-electron chi connectivity index (χ4n) is 3.24. The Morgan fingerprint density at radius 3 is 2.29 bits per heavy atom. The first kappa shape index (κ1) is 20.5. The van der Waals surface area contributed by atoms with Crippen LogP contribution in [0.15, 0.2) is 54.6 Å². The lowest BCUT2D eigenvalue weighted by molar-refractivity contribution is -0.118. The number of aromatic nitrogens is 4. The van der Waals surface area contributed by atoms with Gasteiger partial charge in [-0.2, -0.15) is 0 Å². The summed E-state index contributed by atoms with van der Waals surface area (Å²) in [6.07, 6.45) is 2.18. The number of urea groups is 1. The number of carbonyl (C=O) groups is 2.